The molecule has 4 N–H and O–H groups in total. The van der Waals surface area contributed by atoms with E-state index in [0.29, 0.717) is 17.9 Å². The lowest BCUT2D eigenvalue weighted by Crippen LogP contribution is -2.62. The van der Waals surface area contributed by atoms with Gasteiger partial charge in [-0.05, 0) is 37.3 Å². The molecule has 0 aromatic heterocycles. The molecule has 0 bridgehead atoms. The van der Waals surface area contributed by atoms with E-state index < -0.39 is 30.1 Å². The molecule has 3 aliphatic heterocycles. The number of nitrogens with zero attached hydrogens (tertiary/aromatic N) is 1. The average Bonchev–Trinajstić information content (AvgIpc) is 3.28. The van der Waals surface area contributed by atoms with Crippen LogP contribution in [0.25, 0.3) is 0 Å². The number of fused-ring (bicyclic) bond motifs is 1. The molecule has 1 aromatic rings. The summed E-state index contributed by atoms with van der Waals surface area (Å²) in [7, 11) is 1.58. The van der Waals surface area contributed by atoms with E-state index in [4.69, 9.17) is 9.47 Å². The SMILES string of the molecule is CO[C@]1(C)[C@@H]([C@H](O)c2ccc(C(C)C)cc2)O[C@@H](N2CCC3C(C)NCNC32)[C@@H]1O. The minimum absolute atomic E-state index is 0.142. The quantitative estimate of drug-likeness (QED) is 0.576. The lowest BCUT2D eigenvalue weighted by atomic mass is 9.87. The van der Waals surface area contributed by atoms with Crippen molar-refractivity contribution in [2.45, 2.75) is 82.4 Å². The van der Waals surface area contributed by atoms with E-state index in [1.807, 2.05) is 31.2 Å². The Kier molecular flexibility index (Phi) is 6.25. The van der Waals surface area contributed by atoms with E-state index >= 15 is 0 Å². The first-order chi connectivity index (χ1) is 14.3. The molecule has 3 saturated heterocycles. The van der Waals surface area contributed by atoms with E-state index in [2.05, 4.69) is 36.3 Å². The number of nitrogens with one attached hydrogen (secondary N) is 2. The lowest BCUT2D eigenvalue weighted by Gasteiger charge is -2.40. The predicted molar refractivity (Wildman–Crippen MR) is 115 cm³/mol. The molecular formula is C23H37N3O4. The van der Waals surface area contributed by atoms with Crippen LogP contribution in [0.3, 0.4) is 0 Å². The molecule has 0 spiro atoms. The summed E-state index contributed by atoms with van der Waals surface area (Å²) in [6.07, 6.45) is -1.80. The van der Waals surface area contributed by atoms with Gasteiger partial charge in [-0.2, -0.15) is 0 Å². The summed E-state index contributed by atoms with van der Waals surface area (Å²) >= 11 is 0. The highest BCUT2D eigenvalue weighted by Gasteiger charge is 2.60. The van der Waals surface area contributed by atoms with Crippen LogP contribution in [0.5, 0.6) is 0 Å². The van der Waals surface area contributed by atoms with Gasteiger partial charge in [-0.1, -0.05) is 38.1 Å². The molecule has 3 fully saturated rings. The first kappa shape index (κ1) is 22.1. The van der Waals surface area contributed by atoms with Crippen molar-refractivity contribution < 1.29 is 19.7 Å². The Balaban J connectivity index is 1.57. The normalized spacial score (nSPS) is 40.7. The highest BCUT2D eigenvalue weighted by atomic mass is 16.6. The van der Waals surface area contributed by atoms with Gasteiger partial charge in [0.1, 0.15) is 30.1 Å². The number of methoxy groups -OCH3 is 1. The van der Waals surface area contributed by atoms with Gasteiger partial charge >= 0.3 is 0 Å². The smallest absolute Gasteiger partial charge is 0.141 e. The van der Waals surface area contributed by atoms with Crippen LogP contribution < -0.4 is 10.6 Å². The van der Waals surface area contributed by atoms with Crippen molar-refractivity contribution in [3.8, 4) is 0 Å². The second-order valence-corrected chi connectivity index (χ2v) is 9.56. The molecule has 0 amide bonds. The Morgan fingerprint density at radius 1 is 1.20 bits per heavy atom. The maximum Gasteiger partial charge on any atom is 0.141 e. The van der Waals surface area contributed by atoms with Crippen molar-refractivity contribution in [2.24, 2.45) is 5.92 Å². The standard InChI is InChI=1S/C23H37N3O4/c1-13(2)15-6-8-16(9-7-15)18(27)20-23(4,29-5)19(28)22(30-20)26-11-10-17-14(3)24-12-25-21(17)26/h6-9,13-14,17-22,24-25,27-28H,10-12H2,1-5H3/t14?,17?,18-,19+,20-,21?,22-,23+/m1/s1. The van der Waals surface area contributed by atoms with Gasteiger partial charge in [0.2, 0.25) is 0 Å². The zero-order valence-corrected chi connectivity index (χ0v) is 18.7. The fourth-order valence-corrected chi connectivity index (χ4v) is 5.34. The summed E-state index contributed by atoms with van der Waals surface area (Å²) in [6.45, 7) is 9.90. The maximum atomic E-state index is 11.3. The second-order valence-electron chi connectivity index (χ2n) is 9.56. The molecule has 30 heavy (non-hydrogen) atoms. The van der Waals surface area contributed by atoms with Gasteiger partial charge in [-0.25, -0.2) is 0 Å². The maximum absolute atomic E-state index is 11.3. The van der Waals surface area contributed by atoms with Crippen LogP contribution in [0.2, 0.25) is 0 Å². The van der Waals surface area contributed by atoms with E-state index in [-0.39, 0.29) is 6.17 Å². The van der Waals surface area contributed by atoms with Crippen LogP contribution in [0.1, 0.15) is 57.3 Å². The van der Waals surface area contributed by atoms with Crippen LogP contribution >= 0.6 is 0 Å². The van der Waals surface area contributed by atoms with Crippen molar-refractivity contribution in [2.75, 3.05) is 20.3 Å². The molecule has 3 aliphatic rings. The second kappa shape index (κ2) is 8.47. The third kappa shape index (κ3) is 3.60. The first-order valence-electron chi connectivity index (χ1n) is 11.2. The van der Waals surface area contributed by atoms with Crippen LogP contribution in [-0.4, -0.2) is 71.7 Å². The molecule has 1 aromatic carbocycles. The first-order valence-corrected chi connectivity index (χ1v) is 11.2. The largest absolute Gasteiger partial charge is 0.386 e. The number of benzene rings is 1. The van der Waals surface area contributed by atoms with E-state index in [0.717, 1.165) is 25.2 Å². The molecule has 168 valence electrons. The van der Waals surface area contributed by atoms with Crippen LogP contribution in [0.4, 0.5) is 0 Å². The summed E-state index contributed by atoms with van der Waals surface area (Å²) in [5.74, 6) is 0.883. The van der Waals surface area contributed by atoms with Crippen molar-refractivity contribution in [1.82, 2.24) is 15.5 Å². The predicted octanol–water partition coefficient (Wildman–Crippen LogP) is 1.52. The van der Waals surface area contributed by atoms with Crippen molar-refractivity contribution in [3.63, 3.8) is 0 Å². The Hall–Kier alpha value is -1.06. The van der Waals surface area contributed by atoms with Gasteiger partial charge in [0.05, 0.1) is 6.17 Å². The highest BCUT2D eigenvalue weighted by Crippen LogP contribution is 2.43. The minimum Gasteiger partial charge on any atom is -0.386 e. The van der Waals surface area contributed by atoms with Gasteiger partial charge in [0, 0.05) is 32.3 Å². The molecule has 3 unspecified atom stereocenters. The zero-order chi connectivity index (χ0) is 21.6. The number of aliphatic hydroxyl groups is 2. The number of hydrogen-bond donors (Lipinski definition) is 4. The Morgan fingerprint density at radius 2 is 1.87 bits per heavy atom. The average molecular weight is 420 g/mol. The van der Waals surface area contributed by atoms with Gasteiger partial charge in [-0.15, -0.1) is 0 Å². The number of rotatable bonds is 5. The number of hydrogen-bond acceptors (Lipinski definition) is 7. The van der Waals surface area contributed by atoms with Gasteiger partial charge in [-0.3, -0.25) is 10.2 Å². The van der Waals surface area contributed by atoms with Crippen molar-refractivity contribution in [1.29, 1.82) is 0 Å². The molecular weight excluding hydrogens is 382 g/mol. The Morgan fingerprint density at radius 3 is 2.50 bits per heavy atom. The summed E-state index contributed by atoms with van der Waals surface area (Å²) in [5, 5.41) is 29.4. The Bertz CT molecular complexity index is 730. The topological polar surface area (TPSA) is 86.2 Å². The monoisotopic (exact) mass is 419 g/mol. The molecule has 0 aliphatic carbocycles. The molecule has 0 radical (unpaired) electrons. The lowest BCUT2D eigenvalue weighted by molar-refractivity contribution is -0.139. The third-order valence-electron chi connectivity index (χ3n) is 7.57. The summed E-state index contributed by atoms with van der Waals surface area (Å²) in [6, 6.07) is 8.39. The fourth-order valence-electron chi connectivity index (χ4n) is 5.34. The van der Waals surface area contributed by atoms with Crippen molar-refractivity contribution in [3.05, 3.63) is 35.4 Å². The molecule has 3 heterocycles. The van der Waals surface area contributed by atoms with E-state index in [1.54, 1.807) is 7.11 Å². The minimum atomic E-state index is -1.02. The highest BCUT2D eigenvalue weighted by molar-refractivity contribution is 5.28. The summed E-state index contributed by atoms with van der Waals surface area (Å²) in [5.41, 5.74) is 0.977. The van der Waals surface area contributed by atoms with Crippen LogP contribution in [-0.2, 0) is 9.47 Å². The number of aliphatic hydroxyl groups excluding tert-OH is 2. The van der Waals surface area contributed by atoms with Gasteiger partial charge in [0.15, 0.2) is 0 Å². The van der Waals surface area contributed by atoms with E-state index in [9.17, 15) is 10.2 Å². The molecule has 8 atom stereocenters. The molecule has 0 saturated carbocycles. The van der Waals surface area contributed by atoms with Crippen molar-refractivity contribution >= 4 is 0 Å². The molecule has 7 heteroatoms. The Labute approximate surface area is 179 Å². The fraction of sp³-hybridized carbons (Fsp3) is 0.739. The van der Waals surface area contributed by atoms with Crippen LogP contribution in [0, 0.1) is 5.92 Å². The van der Waals surface area contributed by atoms with Gasteiger partial charge < -0.3 is 25.0 Å². The van der Waals surface area contributed by atoms with Crippen LogP contribution in [0.15, 0.2) is 24.3 Å². The third-order valence-corrected chi connectivity index (χ3v) is 7.57. The van der Waals surface area contributed by atoms with E-state index in [1.165, 1.54) is 5.56 Å². The molecule has 4 rings (SSSR count). The molecule has 7 nitrogen and oxygen atoms in total. The van der Waals surface area contributed by atoms with Gasteiger partial charge in [0.25, 0.3) is 0 Å². The zero-order valence-electron chi connectivity index (χ0n) is 18.7. The number of likely N-dealkylation sites (tertiary alicyclic amines) is 1. The summed E-state index contributed by atoms with van der Waals surface area (Å²) in [4.78, 5) is 2.21. The number of ether oxygens (including phenoxy) is 2. The summed E-state index contributed by atoms with van der Waals surface area (Å²) < 4.78 is 12.2.